The Labute approximate surface area is 193 Å². The van der Waals surface area contributed by atoms with E-state index in [0.717, 1.165) is 74.6 Å². The zero-order valence-corrected chi connectivity index (χ0v) is 19.5. The number of carbonyl (C=O) groups is 1. The predicted octanol–water partition coefficient (Wildman–Crippen LogP) is 1.50. The summed E-state index contributed by atoms with van der Waals surface area (Å²) in [5, 5.41) is 9.02. The van der Waals surface area contributed by atoms with Gasteiger partial charge in [-0.15, -0.1) is 21.5 Å². The van der Waals surface area contributed by atoms with Crippen molar-refractivity contribution in [1.29, 1.82) is 0 Å². The number of aryl methyl sites for hydroxylation is 1. The number of amides is 1. The zero-order valence-electron chi connectivity index (χ0n) is 18.6. The molecule has 3 fully saturated rings. The molecule has 3 aliphatic rings. The topological polar surface area (TPSA) is 77.9 Å². The van der Waals surface area contributed by atoms with Crippen LogP contribution in [-0.2, 0) is 4.74 Å². The van der Waals surface area contributed by atoms with Crippen molar-refractivity contribution >= 4 is 28.9 Å². The average Bonchev–Trinajstić information content (AvgIpc) is 3.51. The van der Waals surface area contributed by atoms with Gasteiger partial charge in [0.15, 0.2) is 11.6 Å². The molecule has 10 heteroatoms. The maximum Gasteiger partial charge on any atom is 0.265 e. The second-order valence-electron chi connectivity index (χ2n) is 8.72. The van der Waals surface area contributed by atoms with Crippen molar-refractivity contribution < 1.29 is 9.53 Å². The Morgan fingerprint density at radius 3 is 2.22 bits per heavy atom. The summed E-state index contributed by atoms with van der Waals surface area (Å²) in [4.78, 5) is 26.6. The van der Waals surface area contributed by atoms with Crippen molar-refractivity contribution in [2.75, 3.05) is 75.3 Å². The SMILES string of the molecule is Cc1ncsc1C(=O)N1CCN(c2ccc(N3CCN(CC4CCCO4)CC3)nn2)CC1. The summed E-state index contributed by atoms with van der Waals surface area (Å²) in [7, 11) is 0. The van der Waals surface area contributed by atoms with E-state index in [0.29, 0.717) is 19.2 Å². The van der Waals surface area contributed by atoms with Crippen molar-refractivity contribution in [3.8, 4) is 0 Å². The summed E-state index contributed by atoms with van der Waals surface area (Å²) in [6.07, 6.45) is 2.81. The largest absolute Gasteiger partial charge is 0.377 e. The molecule has 32 heavy (non-hydrogen) atoms. The third kappa shape index (κ3) is 4.72. The lowest BCUT2D eigenvalue weighted by Crippen LogP contribution is -2.49. The Hall–Kier alpha value is -2.30. The Kier molecular flexibility index (Phi) is 6.52. The molecule has 1 amide bonds. The molecule has 3 saturated heterocycles. The van der Waals surface area contributed by atoms with Gasteiger partial charge in [-0.05, 0) is 31.9 Å². The van der Waals surface area contributed by atoms with Gasteiger partial charge in [-0.1, -0.05) is 0 Å². The number of piperazine rings is 2. The van der Waals surface area contributed by atoms with Gasteiger partial charge in [-0.3, -0.25) is 9.69 Å². The van der Waals surface area contributed by atoms with Crippen LogP contribution in [0.4, 0.5) is 11.6 Å². The Morgan fingerprint density at radius 2 is 1.69 bits per heavy atom. The summed E-state index contributed by atoms with van der Waals surface area (Å²) >= 11 is 1.42. The maximum absolute atomic E-state index is 12.7. The summed E-state index contributed by atoms with van der Waals surface area (Å²) in [6.45, 7) is 10.8. The average molecular weight is 458 g/mol. The number of carbonyl (C=O) groups excluding carboxylic acids is 1. The smallest absolute Gasteiger partial charge is 0.265 e. The van der Waals surface area contributed by atoms with Crippen LogP contribution in [0.2, 0.25) is 0 Å². The number of thiazole rings is 1. The molecule has 0 N–H and O–H groups in total. The first-order valence-corrected chi connectivity index (χ1v) is 12.4. The van der Waals surface area contributed by atoms with E-state index in [1.54, 1.807) is 5.51 Å². The van der Waals surface area contributed by atoms with Crippen molar-refractivity contribution in [2.45, 2.75) is 25.9 Å². The van der Waals surface area contributed by atoms with Crippen LogP contribution in [0.25, 0.3) is 0 Å². The van der Waals surface area contributed by atoms with E-state index in [9.17, 15) is 4.79 Å². The van der Waals surface area contributed by atoms with Crippen molar-refractivity contribution in [2.24, 2.45) is 0 Å². The van der Waals surface area contributed by atoms with E-state index in [2.05, 4.69) is 42.0 Å². The van der Waals surface area contributed by atoms with E-state index in [4.69, 9.17) is 4.74 Å². The van der Waals surface area contributed by atoms with Crippen LogP contribution in [0.1, 0.15) is 28.2 Å². The number of aromatic nitrogens is 3. The van der Waals surface area contributed by atoms with Crippen molar-refractivity contribution in [3.63, 3.8) is 0 Å². The fourth-order valence-electron chi connectivity index (χ4n) is 4.68. The highest BCUT2D eigenvalue weighted by Gasteiger charge is 2.26. The molecule has 0 spiro atoms. The molecular formula is C22H31N7O2S. The molecule has 1 atom stereocenters. The number of nitrogens with zero attached hydrogens (tertiary/aromatic N) is 7. The first kappa shape index (κ1) is 21.5. The summed E-state index contributed by atoms with van der Waals surface area (Å²) in [5.41, 5.74) is 2.55. The second kappa shape index (κ2) is 9.68. The van der Waals surface area contributed by atoms with Crippen LogP contribution in [-0.4, -0.2) is 103 Å². The standard InChI is InChI=1S/C22H31N7O2S/c1-17-21(32-16-23-17)22(30)29-12-10-28(11-13-29)20-5-4-19(24-25-20)27-8-6-26(7-9-27)15-18-3-2-14-31-18/h4-5,16,18H,2-3,6-15H2,1H3. The lowest BCUT2D eigenvalue weighted by molar-refractivity contribution is 0.0712. The minimum absolute atomic E-state index is 0.0877. The highest BCUT2D eigenvalue weighted by molar-refractivity contribution is 7.11. The molecule has 1 unspecified atom stereocenters. The molecule has 172 valence electrons. The molecule has 0 radical (unpaired) electrons. The summed E-state index contributed by atoms with van der Waals surface area (Å²) in [6, 6.07) is 4.14. The van der Waals surface area contributed by atoms with Crippen molar-refractivity contribution in [3.05, 3.63) is 28.2 Å². The minimum Gasteiger partial charge on any atom is -0.377 e. The first-order valence-electron chi connectivity index (χ1n) is 11.5. The van der Waals surface area contributed by atoms with Crippen LogP contribution >= 0.6 is 11.3 Å². The van der Waals surface area contributed by atoms with Gasteiger partial charge in [-0.2, -0.15) is 0 Å². The number of hydrogen-bond acceptors (Lipinski definition) is 9. The Balaban J connectivity index is 1.11. The fraction of sp³-hybridized carbons (Fsp3) is 0.636. The Morgan fingerprint density at radius 1 is 1.03 bits per heavy atom. The molecule has 5 heterocycles. The van der Waals surface area contributed by atoms with Gasteiger partial charge < -0.3 is 19.4 Å². The minimum atomic E-state index is 0.0877. The molecule has 0 bridgehead atoms. The fourth-order valence-corrected chi connectivity index (χ4v) is 5.45. The molecule has 9 nitrogen and oxygen atoms in total. The van der Waals surface area contributed by atoms with Crippen LogP contribution in [0, 0.1) is 6.92 Å². The highest BCUT2D eigenvalue weighted by atomic mass is 32.1. The van der Waals surface area contributed by atoms with E-state index < -0.39 is 0 Å². The third-order valence-corrected chi connectivity index (χ3v) is 7.57. The van der Waals surface area contributed by atoms with E-state index in [-0.39, 0.29) is 5.91 Å². The van der Waals surface area contributed by atoms with E-state index >= 15 is 0 Å². The van der Waals surface area contributed by atoms with Crippen LogP contribution in [0.5, 0.6) is 0 Å². The molecule has 3 aliphatic heterocycles. The number of rotatable bonds is 5. The molecule has 0 aliphatic carbocycles. The molecule has 5 rings (SSSR count). The normalized spacial score (nSPS) is 22.5. The van der Waals surface area contributed by atoms with Crippen molar-refractivity contribution in [1.82, 2.24) is 25.0 Å². The maximum atomic E-state index is 12.7. The lowest BCUT2D eigenvalue weighted by Gasteiger charge is -2.37. The number of anilines is 2. The molecule has 0 saturated carbocycles. The predicted molar refractivity (Wildman–Crippen MR) is 125 cm³/mol. The quantitative estimate of drug-likeness (QED) is 0.669. The zero-order chi connectivity index (χ0) is 21.9. The summed E-state index contributed by atoms with van der Waals surface area (Å²) in [5.74, 6) is 1.91. The van der Waals surface area contributed by atoms with Crippen LogP contribution < -0.4 is 9.80 Å². The third-order valence-electron chi connectivity index (χ3n) is 6.65. The van der Waals surface area contributed by atoms with E-state index in [1.165, 1.54) is 24.2 Å². The van der Waals surface area contributed by atoms with Gasteiger partial charge in [0, 0.05) is 65.5 Å². The van der Waals surface area contributed by atoms with Gasteiger partial charge in [0.2, 0.25) is 0 Å². The molecule has 0 aromatic carbocycles. The second-order valence-corrected chi connectivity index (χ2v) is 9.57. The van der Waals surface area contributed by atoms with Crippen LogP contribution in [0.15, 0.2) is 17.6 Å². The van der Waals surface area contributed by atoms with E-state index in [1.807, 2.05) is 11.8 Å². The van der Waals surface area contributed by atoms with Gasteiger partial charge in [-0.25, -0.2) is 4.98 Å². The number of ether oxygens (including phenoxy) is 1. The first-order chi connectivity index (χ1) is 15.7. The van der Waals surface area contributed by atoms with Gasteiger partial charge in [0.25, 0.3) is 5.91 Å². The monoisotopic (exact) mass is 457 g/mol. The molecule has 2 aromatic heterocycles. The van der Waals surface area contributed by atoms with Gasteiger partial charge in [0.05, 0.1) is 17.3 Å². The van der Waals surface area contributed by atoms with Crippen LogP contribution in [0.3, 0.4) is 0 Å². The van der Waals surface area contributed by atoms with Gasteiger partial charge in [0.1, 0.15) is 4.88 Å². The highest BCUT2D eigenvalue weighted by Crippen LogP contribution is 2.21. The number of hydrogen-bond donors (Lipinski definition) is 0. The molecular weight excluding hydrogens is 426 g/mol. The molecule has 2 aromatic rings. The van der Waals surface area contributed by atoms with Gasteiger partial charge >= 0.3 is 0 Å². The Bertz CT molecular complexity index is 899. The summed E-state index contributed by atoms with van der Waals surface area (Å²) < 4.78 is 5.78. The lowest BCUT2D eigenvalue weighted by atomic mass is 10.2.